The molecular weight excluding hydrogens is 323 g/mol. The lowest BCUT2D eigenvalue weighted by molar-refractivity contribution is -0.136. The first-order valence-corrected chi connectivity index (χ1v) is 7.05. The van der Waals surface area contributed by atoms with Crippen molar-refractivity contribution in [3.63, 3.8) is 0 Å². The lowest BCUT2D eigenvalue weighted by Crippen LogP contribution is -2.09. The van der Waals surface area contributed by atoms with Crippen molar-refractivity contribution >= 4 is 44.7 Å². The zero-order chi connectivity index (χ0) is 15.0. The monoisotopic (exact) mass is 329 g/mol. The maximum Gasteiger partial charge on any atom is 0.418 e. The van der Waals surface area contributed by atoms with Gasteiger partial charge in [-0.2, -0.15) is 18.2 Å². The molecule has 21 heavy (non-hydrogen) atoms. The van der Waals surface area contributed by atoms with Crippen LogP contribution in [0.5, 0.6) is 0 Å². The van der Waals surface area contributed by atoms with Gasteiger partial charge in [-0.1, -0.05) is 12.1 Å². The second-order valence-electron chi connectivity index (χ2n) is 4.15. The number of rotatable bonds is 2. The third-order valence-electron chi connectivity index (χ3n) is 2.78. The van der Waals surface area contributed by atoms with Crippen LogP contribution < -0.4 is 5.32 Å². The number of thiophene rings is 1. The molecule has 2 aromatic heterocycles. The standard InChI is InChI=1S/C13H7ClF3N3S/c14-12-19-10(7-5-6-21-11(7)20-12)18-9-4-2-1-3-8(9)13(15,16)17/h1-6H,(H,18,19,20). The van der Waals surface area contributed by atoms with Crippen LogP contribution in [0.4, 0.5) is 24.7 Å². The quantitative estimate of drug-likeness (QED) is 0.664. The normalized spacial score (nSPS) is 11.8. The molecule has 8 heteroatoms. The van der Waals surface area contributed by atoms with Gasteiger partial charge in [0.25, 0.3) is 0 Å². The van der Waals surface area contributed by atoms with Crippen LogP contribution in [-0.2, 0) is 6.18 Å². The van der Waals surface area contributed by atoms with Gasteiger partial charge in [-0.05, 0) is 35.2 Å². The summed E-state index contributed by atoms with van der Waals surface area (Å²) in [6, 6.07) is 6.94. The number of nitrogens with zero attached hydrogens (tertiary/aromatic N) is 2. The number of benzene rings is 1. The van der Waals surface area contributed by atoms with Gasteiger partial charge in [0.1, 0.15) is 10.6 Å². The van der Waals surface area contributed by atoms with E-state index in [4.69, 9.17) is 11.6 Å². The second-order valence-corrected chi connectivity index (χ2v) is 5.38. The maximum absolute atomic E-state index is 13.0. The molecule has 108 valence electrons. The highest BCUT2D eigenvalue weighted by Gasteiger charge is 2.33. The van der Waals surface area contributed by atoms with Crippen molar-refractivity contribution in [1.29, 1.82) is 0 Å². The van der Waals surface area contributed by atoms with Crippen molar-refractivity contribution in [3.05, 3.63) is 46.6 Å². The molecule has 0 saturated heterocycles. The highest BCUT2D eigenvalue weighted by Crippen LogP contribution is 2.37. The average Bonchev–Trinajstić information content (AvgIpc) is 2.86. The lowest BCUT2D eigenvalue weighted by atomic mass is 10.1. The number of hydrogen-bond acceptors (Lipinski definition) is 4. The van der Waals surface area contributed by atoms with E-state index in [0.717, 1.165) is 6.07 Å². The van der Waals surface area contributed by atoms with Crippen LogP contribution >= 0.6 is 22.9 Å². The molecule has 0 unspecified atom stereocenters. The fraction of sp³-hybridized carbons (Fsp3) is 0.0769. The molecule has 0 aliphatic rings. The van der Waals surface area contributed by atoms with Gasteiger partial charge in [0.15, 0.2) is 0 Å². The topological polar surface area (TPSA) is 37.8 Å². The molecule has 2 heterocycles. The summed E-state index contributed by atoms with van der Waals surface area (Å²) in [7, 11) is 0. The zero-order valence-corrected chi connectivity index (χ0v) is 11.9. The summed E-state index contributed by atoms with van der Waals surface area (Å²) in [6.07, 6.45) is -4.45. The number of hydrogen-bond donors (Lipinski definition) is 1. The number of halogens is 4. The van der Waals surface area contributed by atoms with Gasteiger partial charge in [-0.25, -0.2) is 4.98 Å². The SMILES string of the molecule is FC(F)(F)c1ccccc1Nc1nc(Cl)nc2sccc12. The molecule has 0 atom stereocenters. The van der Waals surface area contributed by atoms with Gasteiger partial charge in [-0.3, -0.25) is 0 Å². The van der Waals surface area contributed by atoms with Crippen LogP contribution in [0.15, 0.2) is 35.7 Å². The Balaban J connectivity index is 2.09. The Hall–Kier alpha value is -1.86. The Morgan fingerprint density at radius 2 is 1.86 bits per heavy atom. The summed E-state index contributed by atoms with van der Waals surface area (Å²) in [6.45, 7) is 0. The molecule has 0 aliphatic heterocycles. The van der Waals surface area contributed by atoms with Gasteiger partial charge in [0, 0.05) is 0 Å². The maximum atomic E-state index is 13.0. The van der Waals surface area contributed by atoms with Crippen LogP contribution in [0, 0.1) is 0 Å². The average molecular weight is 330 g/mol. The number of para-hydroxylation sites is 1. The molecule has 0 radical (unpaired) electrons. The molecule has 3 aromatic rings. The summed E-state index contributed by atoms with van der Waals surface area (Å²) < 4.78 is 39.0. The van der Waals surface area contributed by atoms with Gasteiger partial charge < -0.3 is 5.32 Å². The molecule has 0 fully saturated rings. The Bertz CT molecular complexity index is 801. The van der Waals surface area contributed by atoms with E-state index in [1.807, 2.05) is 0 Å². The second kappa shape index (κ2) is 5.16. The van der Waals surface area contributed by atoms with Crippen molar-refractivity contribution in [2.24, 2.45) is 0 Å². The Morgan fingerprint density at radius 1 is 1.10 bits per heavy atom. The van der Waals surface area contributed by atoms with E-state index in [-0.39, 0.29) is 16.8 Å². The number of anilines is 2. The Labute approximate surface area is 126 Å². The number of fused-ring (bicyclic) bond motifs is 1. The number of alkyl halides is 3. The minimum Gasteiger partial charge on any atom is -0.339 e. The van der Waals surface area contributed by atoms with E-state index < -0.39 is 11.7 Å². The molecule has 0 spiro atoms. The van der Waals surface area contributed by atoms with Crippen molar-refractivity contribution in [3.8, 4) is 0 Å². The van der Waals surface area contributed by atoms with E-state index in [9.17, 15) is 13.2 Å². The molecule has 3 rings (SSSR count). The summed E-state index contributed by atoms with van der Waals surface area (Å²) in [4.78, 5) is 8.61. The van der Waals surface area contributed by atoms with Crippen molar-refractivity contribution < 1.29 is 13.2 Å². The third-order valence-corrected chi connectivity index (χ3v) is 3.76. The first-order valence-electron chi connectivity index (χ1n) is 5.79. The highest BCUT2D eigenvalue weighted by molar-refractivity contribution is 7.16. The summed E-state index contributed by atoms with van der Waals surface area (Å²) in [5.74, 6) is 0.253. The highest BCUT2D eigenvalue weighted by atomic mass is 35.5. The molecule has 0 bridgehead atoms. The van der Waals surface area contributed by atoms with E-state index in [2.05, 4.69) is 15.3 Å². The summed E-state index contributed by atoms with van der Waals surface area (Å²) in [5.41, 5.74) is -0.838. The smallest absolute Gasteiger partial charge is 0.339 e. The minimum atomic E-state index is -4.45. The molecule has 0 aliphatic carbocycles. The van der Waals surface area contributed by atoms with E-state index in [1.165, 1.54) is 29.5 Å². The summed E-state index contributed by atoms with van der Waals surface area (Å²) >= 11 is 7.14. The predicted molar refractivity (Wildman–Crippen MR) is 77.2 cm³/mol. The first kappa shape index (κ1) is 14.1. The van der Waals surface area contributed by atoms with Crippen LogP contribution in [-0.4, -0.2) is 9.97 Å². The molecule has 1 aromatic carbocycles. The fourth-order valence-electron chi connectivity index (χ4n) is 1.89. The predicted octanol–water partition coefficient (Wildman–Crippen LogP) is 5.11. The van der Waals surface area contributed by atoms with E-state index >= 15 is 0 Å². The largest absolute Gasteiger partial charge is 0.418 e. The van der Waals surface area contributed by atoms with Crippen LogP contribution in [0.3, 0.4) is 0 Å². The Morgan fingerprint density at radius 3 is 2.62 bits per heavy atom. The fourth-order valence-corrected chi connectivity index (χ4v) is 2.87. The van der Waals surface area contributed by atoms with Gasteiger partial charge >= 0.3 is 6.18 Å². The Kier molecular flexibility index (Phi) is 3.46. The van der Waals surface area contributed by atoms with Crippen molar-refractivity contribution in [1.82, 2.24) is 9.97 Å². The molecule has 0 amide bonds. The number of nitrogens with one attached hydrogen (secondary N) is 1. The van der Waals surface area contributed by atoms with Gasteiger partial charge in [0.2, 0.25) is 5.28 Å². The zero-order valence-electron chi connectivity index (χ0n) is 10.3. The van der Waals surface area contributed by atoms with Crippen molar-refractivity contribution in [2.75, 3.05) is 5.32 Å². The van der Waals surface area contributed by atoms with Crippen molar-refractivity contribution in [2.45, 2.75) is 6.18 Å². The molecule has 1 N–H and O–H groups in total. The summed E-state index contributed by atoms with van der Waals surface area (Å²) in [5, 5.41) is 5.08. The van der Waals surface area contributed by atoms with Crippen LogP contribution in [0.25, 0.3) is 10.2 Å². The van der Waals surface area contributed by atoms with Gasteiger partial charge in [-0.15, -0.1) is 11.3 Å². The minimum absolute atomic E-state index is 0.0167. The third kappa shape index (κ3) is 2.79. The van der Waals surface area contributed by atoms with Crippen LogP contribution in [0.1, 0.15) is 5.56 Å². The molecular formula is C13H7ClF3N3S. The molecule has 0 saturated carbocycles. The van der Waals surface area contributed by atoms with Gasteiger partial charge in [0.05, 0.1) is 16.6 Å². The number of aromatic nitrogens is 2. The lowest BCUT2D eigenvalue weighted by Gasteiger charge is -2.14. The first-order chi connectivity index (χ1) is 9.95. The van der Waals surface area contributed by atoms with Crippen LogP contribution in [0.2, 0.25) is 5.28 Å². The van der Waals surface area contributed by atoms with E-state index in [0.29, 0.717) is 10.2 Å². The molecule has 3 nitrogen and oxygen atoms in total. The van der Waals surface area contributed by atoms with E-state index in [1.54, 1.807) is 11.4 Å².